The van der Waals surface area contributed by atoms with E-state index in [9.17, 15) is 9.59 Å². The highest BCUT2D eigenvalue weighted by Gasteiger charge is 2.27. The maximum absolute atomic E-state index is 13.0. The second kappa shape index (κ2) is 8.20. The van der Waals surface area contributed by atoms with E-state index >= 15 is 0 Å². The lowest BCUT2D eigenvalue weighted by Crippen LogP contribution is -2.52. The molecule has 2 aromatic carbocycles. The molecule has 2 atom stereocenters. The van der Waals surface area contributed by atoms with Crippen LogP contribution in [0.5, 0.6) is 0 Å². The topological polar surface area (TPSA) is 114 Å². The fraction of sp³-hybridized carbons (Fsp3) is 0.174. The number of para-hydroxylation sites is 2. The molecule has 1 aliphatic rings. The van der Waals surface area contributed by atoms with Crippen LogP contribution >= 0.6 is 0 Å². The van der Waals surface area contributed by atoms with Crippen LogP contribution in [0.15, 0.2) is 66.9 Å². The van der Waals surface area contributed by atoms with Gasteiger partial charge in [-0.3, -0.25) is 19.9 Å². The molecule has 1 aliphatic heterocycles. The molecule has 1 fully saturated rings. The Kier molecular flexibility index (Phi) is 5.08. The van der Waals surface area contributed by atoms with Crippen LogP contribution in [-0.4, -0.2) is 37.6 Å². The van der Waals surface area contributed by atoms with Crippen LogP contribution in [0, 0.1) is 0 Å². The first-order chi connectivity index (χ1) is 15.6. The summed E-state index contributed by atoms with van der Waals surface area (Å²) in [5.74, 6) is -0.0782. The summed E-state index contributed by atoms with van der Waals surface area (Å²) in [4.78, 5) is 33.8. The lowest BCUT2D eigenvalue weighted by molar-refractivity contribution is -0.125. The van der Waals surface area contributed by atoms with Crippen LogP contribution in [-0.2, 0) is 4.79 Å². The van der Waals surface area contributed by atoms with Crippen molar-refractivity contribution in [2.45, 2.75) is 25.7 Å². The van der Waals surface area contributed by atoms with Crippen LogP contribution in [0.3, 0.4) is 0 Å². The van der Waals surface area contributed by atoms with Gasteiger partial charge < -0.3 is 10.6 Å². The minimum Gasteiger partial charge on any atom is -0.322 e. The number of carbonyl (C=O) groups is 2. The normalized spacial score (nSPS) is 18.3. The highest BCUT2D eigenvalue weighted by molar-refractivity contribution is 6.03. The summed E-state index contributed by atoms with van der Waals surface area (Å²) in [6.07, 6.45) is 1.22. The first kappa shape index (κ1) is 19.8. The van der Waals surface area contributed by atoms with Gasteiger partial charge in [0.1, 0.15) is 11.5 Å². The fourth-order valence-corrected chi connectivity index (χ4v) is 3.67. The molecule has 4 aromatic rings. The van der Waals surface area contributed by atoms with Gasteiger partial charge in [0.05, 0.1) is 22.9 Å². The number of nitrogens with zero attached hydrogens (tertiary/aromatic N) is 4. The van der Waals surface area contributed by atoms with Gasteiger partial charge in [-0.05, 0) is 19.1 Å². The summed E-state index contributed by atoms with van der Waals surface area (Å²) in [5, 5.41) is 13.7. The second-order valence-corrected chi connectivity index (χ2v) is 7.67. The van der Waals surface area contributed by atoms with E-state index in [4.69, 9.17) is 0 Å². The summed E-state index contributed by atoms with van der Waals surface area (Å²) in [5.41, 5.74) is 3.09. The van der Waals surface area contributed by atoms with E-state index in [1.54, 1.807) is 16.8 Å². The smallest absolute Gasteiger partial charge is 0.277 e. The average molecular weight is 427 g/mol. The molecule has 2 aromatic heterocycles. The van der Waals surface area contributed by atoms with Crippen molar-refractivity contribution in [2.24, 2.45) is 0 Å². The first-order valence-electron chi connectivity index (χ1n) is 10.3. The van der Waals surface area contributed by atoms with E-state index in [2.05, 4.69) is 31.0 Å². The molecule has 9 nitrogen and oxygen atoms in total. The summed E-state index contributed by atoms with van der Waals surface area (Å²) in [7, 11) is 0. The molecule has 0 bridgehead atoms. The molecule has 2 amide bonds. The van der Waals surface area contributed by atoms with Gasteiger partial charge in [0.2, 0.25) is 5.91 Å². The Bertz CT molecular complexity index is 1300. The Morgan fingerprint density at radius 3 is 2.62 bits per heavy atom. The van der Waals surface area contributed by atoms with E-state index in [1.165, 1.54) is 6.20 Å². The van der Waals surface area contributed by atoms with E-state index in [0.717, 1.165) is 5.56 Å². The maximum Gasteiger partial charge on any atom is 0.277 e. The van der Waals surface area contributed by atoms with Crippen molar-refractivity contribution >= 4 is 28.7 Å². The second-order valence-electron chi connectivity index (χ2n) is 7.67. The molecule has 1 saturated heterocycles. The largest absolute Gasteiger partial charge is 0.322 e. The van der Waals surface area contributed by atoms with Crippen molar-refractivity contribution < 1.29 is 9.59 Å². The van der Waals surface area contributed by atoms with Gasteiger partial charge in [0, 0.05) is 24.1 Å². The Labute approximate surface area is 183 Å². The number of fused-ring (bicyclic) bond motifs is 1. The van der Waals surface area contributed by atoms with Crippen molar-refractivity contribution in [3.8, 4) is 11.3 Å². The van der Waals surface area contributed by atoms with Crippen molar-refractivity contribution in [2.75, 3.05) is 5.32 Å². The van der Waals surface area contributed by atoms with Crippen molar-refractivity contribution in [3.63, 3.8) is 0 Å². The molecular weight excluding hydrogens is 406 g/mol. The van der Waals surface area contributed by atoms with Gasteiger partial charge in [-0.2, -0.15) is 5.10 Å². The predicted molar refractivity (Wildman–Crippen MR) is 120 cm³/mol. The minimum absolute atomic E-state index is 0.0342. The summed E-state index contributed by atoms with van der Waals surface area (Å²) in [6.45, 7) is 1.93. The molecule has 0 aliphatic carbocycles. The Balaban J connectivity index is 1.50. The Morgan fingerprint density at radius 2 is 1.84 bits per heavy atom. The average Bonchev–Trinajstić information content (AvgIpc) is 3.22. The minimum atomic E-state index is -0.596. The molecule has 0 spiro atoms. The molecule has 0 saturated carbocycles. The van der Waals surface area contributed by atoms with Gasteiger partial charge in [-0.1, -0.05) is 42.5 Å². The quantitative estimate of drug-likeness (QED) is 0.461. The molecular formula is C23H21N7O2. The predicted octanol–water partition coefficient (Wildman–Crippen LogP) is 2.70. The van der Waals surface area contributed by atoms with Crippen LogP contribution in [0.2, 0.25) is 0 Å². The lowest BCUT2D eigenvalue weighted by atomic mass is 10.1. The number of anilines is 1. The van der Waals surface area contributed by atoms with Gasteiger partial charge in [-0.15, -0.1) is 0 Å². The third-order valence-corrected chi connectivity index (χ3v) is 5.20. The summed E-state index contributed by atoms with van der Waals surface area (Å²) >= 11 is 0. The van der Waals surface area contributed by atoms with Gasteiger partial charge in [0.25, 0.3) is 5.91 Å². The molecule has 3 N–H and O–H groups in total. The molecule has 32 heavy (non-hydrogen) atoms. The first-order valence-corrected chi connectivity index (χ1v) is 10.3. The summed E-state index contributed by atoms with van der Waals surface area (Å²) < 4.78 is 1.57. The highest BCUT2D eigenvalue weighted by Crippen LogP contribution is 2.25. The van der Waals surface area contributed by atoms with Crippen LogP contribution in [0.4, 0.5) is 5.82 Å². The fourth-order valence-electron chi connectivity index (χ4n) is 3.67. The number of hydrogen-bond donors (Lipinski definition) is 3. The third-order valence-electron chi connectivity index (χ3n) is 5.20. The van der Waals surface area contributed by atoms with Crippen molar-refractivity contribution in [1.29, 1.82) is 0 Å². The Morgan fingerprint density at radius 1 is 1.09 bits per heavy atom. The molecule has 0 radical (unpaired) electrons. The zero-order chi connectivity index (χ0) is 22.1. The number of benzene rings is 2. The van der Waals surface area contributed by atoms with Crippen LogP contribution in [0.25, 0.3) is 22.3 Å². The molecule has 3 heterocycles. The number of carbonyl (C=O) groups excluding carboxylic acids is 2. The zero-order valence-electron chi connectivity index (χ0n) is 17.3. The van der Waals surface area contributed by atoms with E-state index in [-0.39, 0.29) is 17.6 Å². The van der Waals surface area contributed by atoms with Gasteiger partial charge >= 0.3 is 0 Å². The number of aromatic nitrogens is 4. The lowest BCUT2D eigenvalue weighted by Gasteiger charge is -2.30. The molecule has 2 unspecified atom stereocenters. The zero-order valence-corrected chi connectivity index (χ0v) is 17.3. The van der Waals surface area contributed by atoms with Crippen molar-refractivity contribution in [1.82, 2.24) is 30.4 Å². The van der Waals surface area contributed by atoms with E-state index in [1.807, 2.05) is 55.5 Å². The number of amides is 2. The highest BCUT2D eigenvalue weighted by atomic mass is 16.2. The monoisotopic (exact) mass is 427 g/mol. The maximum atomic E-state index is 13.0. The van der Waals surface area contributed by atoms with Gasteiger partial charge in [-0.25, -0.2) is 9.67 Å². The Hall–Kier alpha value is -4.11. The number of hydrogen-bond acceptors (Lipinski definition) is 6. The number of nitrogens with one attached hydrogen (secondary N) is 3. The van der Waals surface area contributed by atoms with Gasteiger partial charge in [0.15, 0.2) is 6.29 Å². The van der Waals surface area contributed by atoms with E-state index in [0.29, 0.717) is 29.0 Å². The molecule has 5 rings (SSSR count). The van der Waals surface area contributed by atoms with Crippen LogP contribution in [0.1, 0.15) is 30.1 Å². The van der Waals surface area contributed by atoms with E-state index < -0.39 is 12.2 Å². The van der Waals surface area contributed by atoms with Crippen LogP contribution < -0.4 is 16.0 Å². The van der Waals surface area contributed by atoms with Crippen molar-refractivity contribution in [3.05, 3.63) is 72.6 Å². The number of rotatable bonds is 4. The third kappa shape index (κ3) is 3.93. The molecule has 9 heteroatoms. The molecule has 160 valence electrons. The standard InChI is InChI=1S/C23H21N7O2/c1-14-11-21(31)28-23(25-14)30-20(12-18(29-30)15-7-3-2-4-8-15)27-22(32)19-13-24-16-9-5-6-10-17(16)26-19/h2-10,12-14,23,25H,11H2,1H3,(H,27,32)(H,28,31). The summed E-state index contributed by atoms with van der Waals surface area (Å²) in [6, 6.07) is 18.7. The SMILES string of the molecule is CC1CC(=O)NC(n2nc(-c3ccccc3)cc2NC(=O)c2cnc3ccccc3n2)N1.